The van der Waals surface area contributed by atoms with Crippen LogP contribution < -0.4 is 11.1 Å². The summed E-state index contributed by atoms with van der Waals surface area (Å²) in [6.07, 6.45) is 3.22. The number of carbonyl (C=O) groups excluding carboxylic acids is 1. The highest BCUT2D eigenvalue weighted by molar-refractivity contribution is 5.79. The van der Waals surface area contributed by atoms with Gasteiger partial charge in [0, 0.05) is 12.5 Å². The van der Waals surface area contributed by atoms with Gasteiger partial charge in [-0.3, -0.25) is 4.79 Å². The van der Waals surface area contributed by atoms with Gasteiger partial charge in [0.15, 0.2) is 0 Å². The lowest BCUT2D eigenvalue weighted by molar-refractivity contribution is -0.125. The van der Waals surface area contributed by atoms with Crippen LogP contribution in [0, 0.1) is 11.8 Å². The van der Waals surface area contributed by atoms with Crippen molar-refractivity contribution >= 4 is 5.91 Å². The van der Waals surface area contributed by atoms with Crippen LogP contribution in [0.2, 0.25) is 0 Å². The zero-order valence-corrected chi connectivity index (χ0v) is 8.88. The van der Waals surface area contributed by atoms with Crippen LogP contribution in [0.3, 0.4) is 0 Å². The number of amides is 1. The standard InChI is InChI=1S/C11H20N2O/c1-8(2)7-13-11(14)10-5-3-4-9(10)6-12/h9-10H,1,3-7,12H2,2H3,(H,13,14). The fraction of sp³-hybridized carbons (Fsp3) is 0.727. The number of hydrogen-bond acceptors (Lipinski definition) is 2. The van der Waals surface area contributed by atoms with E-state index in [-0.39, 0.29) is 11.8 Å². The molecule has 1 rings (SSSR count). The Kier molecular flexibility index (Phi) is 4.14. The summed E-state index contributed by atoms with van der Waals surface area (Å²) in [6, 6.07) is 0. The molecule has 2 atom stereocenters. The van der Waals surface area contributed by atoms with Gasteiger partial charge in [-0.15, -0.1) is 0 Å². The van der Waals surface area contributed by atoms with Gasteiger partial charge in [0.05, 0.1) is 0 Å². The molecule has 0 aliphatic heterocycles. The van der Waals surface area contributed by atoms with E-state index in [1.54, 1.807) is 0 Å². The maximum absolute atomic E-state index is 11.7. The van der Waals surface area contributed by atoms with Crippen molar-refractivity contribution in [1.29, 1.82) is 0 Å². The van der Waals surface area contributed by atoms with E-state index in [9.17, 15) is 4.79 Å². The van der Waals surface area contributed by atoms with Gasteiger partial charge >= 0.3 is 0 Å². The molecule has 0 aromatic rings. The molecule has 14 heavy (non-hydrogen) atoms. The average Bonchev–Trinajstić information content (AvgIpc) is 2.61. The van der Waals surface area contributed by atoms with Gasteiger partial charge in [-0.1, -0.05) is 18.6 Å². The number of rotatable bonds is 4. The molecule has 80 valence electrons. The van der Waals surface area contributed by atoms with Gasteiger partial charge in [0.1, 0.15) is 0 Å². The van der Waals surface area contributed by atoms with Gasteiger partial charge < -0.3 is 11.1 Å². The number of hydrogen-bond donors (Lipinski definition) is 2. The molecule has 1 aliphatic rings. The van der Waals surface area contributed by atoms with Crippen LogP contribution in [0.1, 0.15) is 26.2 Å². The van der Waals surface area contributed by atoms with Crippen molar-refractivity contribution in [2.24, 2.45) is 17.6 Å². The number of nitrogens with two attached hydrogens (primary N) is 1. The Labute approximate surface area is 85.7 Å². The number of nitrogens with one attached hydrogen (secondary N) is 1. The fourth-order valence-corrected chi connectivity index (χ4v) is 2.03. The van der Waals surface area contributed by atoms with Crippen LogP contribution in [0.4, 0.5) is 0 Å². The Morgan fingerprint density at radius 3 is 2.86 bits per heavy atom. The van der Waals surface area contributed by atoms with E-state index in [0.29, 0.717) is 19.0 Å². The first-order valence-electron chi connectivity index (χ1n) is 5.27. The van der Waals surface area contributed by atoms with Gasteiger partial charge in [0.2, 0.25) is 5.91 Å². The number of carbonyl (C=O) groups is 1. The third-order valence-corrected chi connectivity index (χ3v) is 2.86. The molecule has 2 unspecified atom stereocenters. The van der Waals surface area contributed by atoms with Gasteiger partial charge in [-0.05, 0) is 32.2 Å². The lowest BCUT2D eigenvalue weighted by atomic mass is 9.95. The van der Waals surface area contributed by atoms with E-state index in [1.165, 1.54) is 0 Å². The van der Waals surface area contributed by atoms with Crippen molar-refractivity contribution in [2.45, 2.75) is 26.2 Å². The molecule has 0 aromatic heterocycles. The van der Waals surface area contributed by atoms with Crippen LogP contribution in [0.15, 0.2) is 12.2 Å². The minimum Gasteiger partial charge on any atom is -0.352 e. The summed E-state index contributed by atoms with van der Waals surface area (Å²) in [4.78, 5) is 11.7. The summed E-state index contributed by atoms with van der Waals surface area (Å²) in [5, 5.41) is 2.89. The SMILES string of the molecule is C=C(C)CNC(=O)C1CCCC1CN. The maximum Gasteiger partial charge on any atom is 0.223 e. The van der Waals surface area contributed by atoms with Crippen molar-refractivity contribution in [2.75, 3.05) is 13.1 Å². The first kappa shape index (κ1) is 11.2. The monoisotopic (exact) mass is 196 g/mol. The van der Waals surface area contributed by atoms with E-state index in [1.807, 2.05) is 6.92 Å². The minimum absolute atomic E-state index is 0.138. The molecule has 1 fully saturated rings. The second kappa shape index (κ2) is 5.15. The van der Waals surface area contributed by atoms with Crippen LogP contribution in [-0.4, -0.2) is 19.0 Å². The molecule has 1 aliphatic carbocycles. The lowest BCUT2D eigenvalue weighted by Crippen LogP contribution is -2.35. The molecular formula is C11H20N2O. The normalized spacial score (nSPS) is 26.1. The summed E-state index contributed by atoms with van der Waals surface area (Å²) in [7, 11) is 0. The molecule has 0 spiro atoms. The summed E-state index contributed by atoms with van der Waals surface area (Å²) in [5.41, 5.74) is 6.61. The van der Waals surface area contributed by atoms with E-state index in [0.717, 1.165) is 24.8 Å². The molecule has 3 N–H and O–H groups in total. The molecule has 0 saturated heterocycles. The molecule has 0 aromatic carbocycles. The molecule has 0 radical (unpaired) electrons. The minimum atomic E-state index is 0.138. The third-order valence-electron chi connectivity index (χ3n) is 2.86. The predicted octanol–water partition coefficient (Wildman–Crippen LogP) is 1.05. The quantitative estimate of drug-likeness (QED) is 0.660. The van der Waals surface area contributed by atoms with E-state index in [4.69, 9.17) is 5.73 Å². The highest BCUT2D eigenvalue weighted by Gasteiger charge is 2.31. The van der Waals surface area contributed by atoms with Crippen LogP contribution in [0.25, 0.3) is 0 Å². The van der Waals surface area contributed by atoms with Crippen molar-refractivity contribution in [3.63, 3.8) is 0 Å². The average molecular weight is 196 g/mol. The molecule has 3 nitrogen and oxygen atoms in total. The fourth-order valence-electron chi connectivity index (χ4n) is 2.03. The van der Waals surface area contributed by atoms with E-state index < -0.39 is 0 Å². The van der Waals surface area contributed by atoms with Crippen LogP contribution in [0.5, 0.6) is 0 Å². The summed E-state index contributed by atoms with van der Waals surface area (Å²) >= 11 is 0. The molecule has 0 bridgehead atoms. The predicted molar refractivity (Wildman–Crippen MR) is 57.7 cm³/mol. The first-order valence-corrected chi connectivity index (χ1v) is 5.27. The zero-order valence-electron chi connectivity index (χ0n) is 8.88. The van der Waals surface area contributed by atoms with Gasteiger partial charge in [-0.2, -0.15) is 0 Å². The van der Waals surface area contributed by atoms with E-state index >= 15 is 0 Å². The Morgan fingerprint density at radius 1 is 1.57 bits per heavy atom. The Morgan fingerprint density at radius 2 is 2.29 bits per heavy atom. The molecule has 1 saturated carbocycles. The third kappa shape index (κ3) is 2.84. The van der Waals surface area contributed by atoms with E-state index in [2.05, 4.69) is 11.9 Å². The summed E-state index contributed by atoms with van der Waals surface area (Å²) < 4.78 is 0. The Balaban J connectivity index is 2.39. The Bertz CT molecular complexity index is 225. The second-order valence-electron chi connectivity index (χ2n) is 4.21. The van der Waals surface area contributed by atoms with Crippen molar-refractivity contribution < 1.29 is 4.79 Å². The summed E-state index contributed by atoms with van der Waals surface area (Å²) in [5.74, 6) is 0.681. The molecule has 1 amide bonds. The maximum atomic E-state index is 11.7. The first-order chi connectivity index (χ1) is 6.65. The van der Waals surface area contributed by atoms with Gasteiger partial charge in [-0.25, -0.2) is 0 Å². The molecule has 0 heterocycles. The molecular weight excluding hydrogens is 176 g/mol. The van der Waals surface area contributed by atoms with Crippen LogP contribution in [-0.2, 0) is 4.79 Å². The molecule has 3 heteroatoms. The topological polar surface area (TPSA) is 55.1 Å². The zero-order chi connectivity index (χ0) is 10.6. The smallest absolute Gasteiger partial charge is 0.223 e. The van der Waals surface area contributed by atoms with Crippen LogP contribution >= 0.6 is 0 Å². The Hall–Kier alpha value is -0.830. The second-order valence-corrected chi connectivity index (χ2v) is 4.21. The lowest BCUT2D eigenvalue weighted by Gasteiger charge is -2.17. The van der Waals surface area contributed by atoms with Crippen molar-refractivity contribution in [1.82, 2.24) is 5.32 Å². The van der Waals surface area contributed by atoms with Gasteiger partial charge in [0.25, 0.3) is 0 Å². The summed E-state index contributed by atoms with van der Waals surface area (Å²) in [6.45, 7) is 6.89. The highest BCUT2D eigenvalue weighted by atomic mass is 16.1. The van der Waals surface area contributed by atoms with Crippen molar-refractivity contribution in [3.8, 4) is 0 Å². The largest absolute Gasteiger partial charge is 0.352 e. The highest BCUT2D eigenvalue weighted by Crippen LogP contribution is 2.30. The van der Waals surface area contributed by atoms with Crippen molar-refractivity contribution in [3.05, 3.63) is 12.2 Å².